The van der Waals surface area contributed by atoms with Crippen LogP contribution in [0.15, 0.2) is 48.5 Å². The van der Waals surface area contributed by atoms with Crippen LogP contribution in [0, 0.1) is 0 Å². The van der Waals surface area contributed by atoms with Crippen molar-refractivity contribution in [2.24, 2.45) is 0 Å². The summed E-state index contributed by atoms with van der Waals surface area (Å²) in [6, 6.07) is 12.5. The summed E-state index contributed by atoms with van der Waals surface area (Å²) >= 11 is 0. The molecule has 0 atom stereocenters. The van der Waals surface area contributed by atoms with E-state index in [0.717, 1.165) is 28.9 Å². The first-order chi connectivity index (χ1) is 13.4. The van der Waals surface area contributed by atoms with E-state index in [9.17, 15) is 13.2 Å². The van der Waals surface area contributed by atoms with Gasteiger partial charge in [0.1, 0.15) is 13.2 Å². The molecule has 1 aliphatic heterocycles. The number of hydrogen-bond donors (Lipinski definition) is 2. The Morgan fingerprint density at radius 1 is 1.07 bits per heavy atom. The van der Waals surface area contributed by atoms with Gasteiger partial charge in [-0.15, -0.1) is 0 Å². The molecule has 0 unspecified atom stereocenters. The highest BCUT2D eigenvalue weighted by Gasteiger charge is 2.11. The SMILES string of the molecule is CS(=O)(=O)Nc1ccc(/C=C/C(=O)NCCc2ccc3c(c2)OCCO3)cc1. The molecule has 148 valence electrons. The van der Waals surface area contributed by atoms with Crippen molar-refractivity contribution in [3.8, 4) is 11.5 Å². The van der Waals surface area contributed by atoms with E-state index in [1.165, 1.54) is 6.08 Å². The molecule has 8 heteroatoms. The molecule has 1 heterocycles. The monoisotopic (exact) mass is 402 g/mol. The summed E-state index contributed by atoms with van der Waals surface area (Å²) < 4.78 is 35.8. The largest absolute Gasteiger partial charge is 0.486 e. The van der Waals surface area contributed by atoms with Crippen LogP contribution in [0.2, 0.25) is 0 Å². The zero-order chi connectivity index (χ0) is 20.0. The number of nitrogens with one attached hydrogen (secondary N) is 2. The van der Waals surface area contributed by atoms with Crippen molar-refractivity contribution in [1.29, 1.82) is 0 Å². The number of carbonyl (C=O) groups is 1. The van der Waals surface area contributed by atoms with Gasteiger partial charge in [0.25, 0.3) is 0 Å². The minimum atomic E-state index is -3.30. The molecule has 1 aliphatic rings. The zero-order valence-electron chi connectivity index (χ0n) is 15.5. The fourth-order valence-corrected chi connectivity index (χ4v) is 3.24. The molecule has 0 aliphatic carbocycles. The van der Waals surface area contributed by atoms with Crippen LogP contribution in [0.25, 0.3) is 6.08 Å². The number of amides is 1. The third-order valence-electron chi connectivity index (χ3n) is 3.96. The topological polar surface area (TPSA) is 93.7 Å². The molecule has 0 fully saturated rings. The van der Waals surface area contributed by atoms with Crippen LogP contribution in [0.5, 0.6) is 11.5 Å². The van der Waals surface area contributed by atoms with Gasteiger partial charge in [-0.05, 0) is 47.9 Å². The third-order valence-corrected chi connectivity index (χ3v) is 4.57. The van der Waals surface area contributed by atoms with Gasteiger partial charge in [-0.25, -0.2) is 8.42 Å². The summed E-state index contributed by atoms with van der Waals surface area (Å²) in [7, 11) is -3.30. The van der Waals surface area contributed by atoms with Crippen molar-refractivity contribution in [2.75, 3.05) is 30.7 Å². The lowest BCUT2D eigenvalue weighted by Gasteiger charge is -2.18. The Morgan fingerprint density at radius 3 is 2.50 bits per heavy atom. The molecule has 0 radical (unpaired) electrons. The summed E-state index contributed by atoms with van der Waals surface area (Å²) in [5.74, 6) is 1.29. The fraction of sp³-hybridized carbons (Fsp3) is 0.250. The number of hydrogen-bond acceptors (Lipinski definition) is 5. The number of anilines is 1. The second-order valence-electron chi connectivity index (χ2n) is 6.35. The molecule has 7 nitrogen and oxygen atoms in total. The van der Waals surface area contributed by atoms with Gasteiger partial charge in [-0.2, -0.15) is 0 Å². The maximum absolute atomic E-state index is 12.0. The fourth-order valence-electron chi connectivity index (χ4n) is 2.68. The van der Waals surface area contributed by atoms with Gasteiger partial charge in [0.2, 0.25) is 15.9 Å². The molecule has 0 aromatic heterocycles. The highest BCUT2D eigenvalue weighted by Crippen LogP contribution is 2.30. The lowest BCUT2D eigenvalue weighted by molar-refractivity contribution is -0.116. The zero-order valence-corrected chi connectivity index (χ0v) is 16.3. The molecular formula is C20H22N2O5S. The number of ether oxygens (including phenoxy) is 2. The van der Waals surface area contributed by atoms with Crippen molar-refractivity contribution >= 4 is 27.7 Å². The number of rotatable bonds is 7. The van der Waals surface area contributed by atoms with Gasteiger partial charge < -0.3 is 14.8 Å². The van der Waals surface area contributed by atoms with E-state index in [1.807, 2.05) is 18.2 Å². The van der Waals surface area contributed by atoms with Crippen molar-refractivity contribution in [3.63, 3.8) is 0 Å². The van der Waals surface area contributed by atoms with E-state index in [-0.39, 0.29) is 5.91 Å². The number of sulfonamides is 1. The second kappa shape index (κ2) is 8.79. The minimum Gasteiger partial charge on any atom is -0.486 e. The van der Waals surface area contributed by atoms with Gasteiger partial charge >= 0.3 is 0 Å². The Labute approximate surface area is 164 Å². The number of carbonyl (C=O) groups excluding carboxylic acids is 1. The summed E-state index contributed by atoms with van der Waals surface area (Å²) in [6.45, 7) is 1.61. The van der Waals surface area contributed by atoms with Crippen molar-refractivity contribution < 1.29 is 22.7 Å². The maximum Gasteiger partial charge on any atom is 0.244 e. The molecule has 3 rings (SSSR count). The predicted molar refractivity (Wildman–Crippen MR) is 108 cm³/mol. The normalized spacial score (nSPS) is 13.3. The highest BCUT2D eigenvalue weighted by atomic mass is 32.2. The summed E-state index contributed by atoms with van der Waals surface area (Å²) in [4.78, 5) is 12.0. The Morgan fingerprint density at radius 2 is 1.79 bits per heavy atom. The molecule has 2 aromatic rings. The Balaban J connectivity index is 1.46. The molecule has 0 saturated carbocycles. The van der Waals surface area contributed by atoms with E-state index in [2.05, 4.69) is 10.0 Å². The molecule has 0 spiro atoms. The molecule has 2 aromatic carbocycles. The molecule has 0 bridgehead atoms. The van der Waals surface area contributed by atoms with Gasteiger partial charge in [0, 0.05) is 18.3 Å². The Hall–Kier alpha value is -3.00. The van der Waals surface area contributed by atoms with E-state index < -0.39 is 10.0 Å². The van der Waals surface area contributed by atoms with Crippen molar-refractivity contribution in [3.05, 3.63) is 59.7 Å². The van der Waals surface area contributed by atoms with Gasteiger partial charge in [-0.1, -0.05) is 18.2 Å². The van der Waals surface area contributed by atoms with E-state index in [0.29, 0.717) is 31.9 Å². The summed E-state index contributed by atoms with van der Waals surface area (Å²) in [5, 5.41) is 2.83. The van der Waals surface area contributed by atoms with Crippen LogP contribution in [0.4, 0.5) is 5.69 Å². The van der Waals surface area contributed by atoms with Crippen LogP contribution in [-0.4, -0.2) is 40.3 Å². The van der Waals surface area contributed by atoms with Crippen LogP contribution in [-0.2, 0) is 21.2 Å². The first kappa shape index (κ1) is 19.8. The first-order valence-corrected chi connectivity index (χ1v) is 10.7. The second-order valence-corrected chi connectivity index (χ2v) is 8.10. The van der Waals surface area contributed by atoms with Crippen LogP contribution >= 0.6 is 0 Å². The minimum absolute atomic E-state index is 0.198. The lowest BCUT2D eigenvalue weighted by atomic mass is 10.1. The summed E-state index contributed by atoms with van der Waals surface area (Å²) in [5.41, 5.74) is 2.33. The van der Waals surface area contributed by atoms with Gasteiger partial charge in [0.15, 0.2) is 11.5 Å². The van der Waals surface area contributed by atoms with Gasteiger partial charge in [-0.3, -0.25) is 9.52 Å². The highest BCUT2D eigenvalue weighted by molar-refractivity contribution is 7.92. The average molecular weight is 402 g/mol. The Bertz CT molecular complexity index is 969. The molecule has 28 heavy (non-hydrogen) atoms. The van der Waals surface area contributed by atoms with E-state index >= 15 is 0 Å². The third kappa shape index (κ3) is 6.02. The summed E-state index contributed by atoms with van der Waals surface area (Å²) in [6.07, 6.45) is 4.89. The van der Waals surface area contributed by atoms with E-state index in [4.69, 9.17) is 9.47 Å². The lowest BCUT2D eigenvalue weighted by Crippen LogP contribution is -2.23. The molecule has 0 saturated heterocycles. The molecule has 2 N–H and O–H groups in total. The molecular weight excluding hydrogens is 380 g/mol. The van der Waals surface area contributed by atoms with E-state index in [1.54, 1.807) is 30.3 Å². The average Bonchev–Trinajstić information content (AvgIpc) is 2.66. The standard InChI is InChI=1S/C20H22N2O5S/c1-28(24,25)22-17-6-2-15(3-7-17)5-9-20(23)21-11-10-16-4-8-18-19(14-16)27-13-12-26-18/h2-9,14,22H,10-13H2,1H3,(H,21,23)/b9-5+. The Kier molecular flexibility index (Phi) is 6.20. The predicted octanol–water partition coefficient (Wildman–Crippen LogP) is 2.20. The van der Waals surface area contributed by atoms with Crippen molar-refractivity contribution in [2.45, 2.75) is 6.42 Å². The van der Waals surface area contributed by atoms with Crippen LogP contribution < -0.4 is 19.5 Å². The van der Waals surface area contributed by atoms with Crippen LogP contribution in [0.1, 0.15) is 11.1 Å². The van der Waals surface area contributed by atoms with Gasteiger partial charge in [0.05, 0.1) is 6.26 Å². The maximum atomic E-state index is 12.0. The number of fused-ring (bicyclic) bond motifs is 1. The number of benzene rings is 2. The quantitative estimate of drug-likeness (QED) is 0.693. The van der Waals surface area contributed by atoms with Crippen LogP contribution in [0.3, 0.4) is 0 Å². The first-order valence-electron chi connectivity index (χ1n) is 8.81. The van der Waals surface area contributed by atoms with Crippen molar-refractivity contribution in [1.82, 2.24) is 5.32 Å². The molecule has 1 amide bonds. The smallest absolute Gasteiger partial charge is 0.244 e.